The van der Waals surface area contributed by atoms with Crippen molar-refractivity contribution in [2.75, 3.05) is 11.9 Å². The molecule has 0 bridgehead atoms. The average molecular weight is 296 g/mol. The molecule has 0 saturated heterocycles. The van der Waals surface area contributed by atoms with E-state index in [4.69, 9.17) is 10.2 Å². The van der Waals surface area contributed by atoms with Gasteiger partial charge in [0.1, 0.15) is 0 Å². The van der Waals surface area contributed by atoms with Crippen LogP contribution in [0.2, 0.25) is 0 Å². The number of nitrogens with two attached hydrogens (primary N) is 1. The minimum Gasteiger partial charge on any atom is -0.394 e. The van der Waals surface area contributed by atoms with Crippen LogP contribution in [0.15, 0.2) is 41.6 Å². The van der Waals surface area contributed by atoms with E-state index in [0.29, 0.717) is 13.1 Å². The van der Waals surface area contributed by atoms with Gasteiger partial charge < -0.3 is 10.4 Å². The number of aromatic nitrogens is 2. The number of aliphatic hydroxyl groups excluding tert-OH is 1. The van der Waals surface area contributed by atoms with Gasteiger partial charge in [0.05, 0.1) is 24.2 Å². The van der Waals surface area contributed by atoms with Gasteiger partial charge in [-0.1, -0.05) is 0 Å². The normalized spacial score (nSPS) is 11.5. The number of rotatable bonds is 6. The largest absolute Gasteiger partial charge is 0.394 e. The first-order valence-electron chi connectivity index (χ1n) is 5.98. The molecule has 4 N–H and O–H groups in total. The highest BCUT2D eigenvalue weighted by molar-refractivity contribution is 7.89. The van der Waals surface area contributed by atoms with Crippen LogP contribution in [-0.4, -0.2) is 29.9 Å². The lowest BCUT2D eigenvalue weighted by molar-refractivity contribution is 0.269. The van der Waals surface area contributed by atoms with Crippen molar-refractivity contribution >= 4 is 15.7 Å². The monoisotopic (exact) mass is 296 g/mol. The summed E-state index contributed by atoms with van der Waals surface area (Å²) in [5.74, 6) is 0. The van der Waals surface area contributed by atoms with E-state index in [1.807, 2.05) is 6.20 Å². The number of nitrogens with one attached hydrogen (secondary N) is 1. The molecule has 0 spiro atoms. The van der Waals surface area contributed by atoms with Crippen molar-refractivity contribution in [1.29, 1.82) is 0 Å². The molecule has 0 aliphatic carbocycles. The number of hydrogen-bond acceptors (Lipinski definition) is 5. The van der Waals surface area contributed by atoms with Crippen LogP contribution >= 0.6 is 0 Å². The number of benzene rings is 1. The third-order valence-electron chi connectivity index (χ3n) is 2.70. The maximum absolute atomic E-state index is 11.1. The highest BCUT2D eigenvalue weighted by Crippen LogP contribution is 2.13. The van der Waals surface area contributed by atoms with E-state index in [2.05, 4.69) is 10.4 Å². The summed E-state index contributed by atoms with van der Waals surface area (Å²) in [4.78, 5) is 0.0822. The molecule has 0 saturated carbocycles. The summed E-state index contributed by atoms with van der Waals surface area (Å²) in [5.41, 5.74) is 1.75. The lowest BCUT2D eigenvalue weighted by atomic mass is 10.3. The van der Waals surface area contributed by atoms with Gasteiger partial charge >= 0.3 is 0 Å². The Hall–Kier alpha value is -1.90. The molecule has 8 heteroatoms. The molecule has 1 aromatic heterocycles. The Labute approximate surface area is 117 Å². The van der Waals surface area contributed by atoms with Crippen LogP contribution in [-0.2, 0) is 23.1 Å². The molecular weight excluding hydrogens is 280 g/mol. The van der Waals surface area contributed by atoms with Crippen molar-refractivity contribution in [3.8, 4) is 0 Å². The van der Waals surface area contributed by atoms with Crippen LogP contribution in [0.4, 0.5) is 5.69 Å². The molecule has 0 fully saturated rings. The zero-order valence-electron chi connectivity index (χ0n) is 10.7. The minimum absolute atomic E-state index is 0.0452. The van der Waals surface area contributed by atoms with Crippen LogP contribution < -0.4 is 10.5 Å². The summed E-state index contributed by atoms with van der Waals surface area (Å²) in [6, 6.07) is 6.20. The van der Waals surface area contributed by atoms with E-state index in [9.17, 15) is 8.42 Å². The van der Waals surface area contributed by atoms with Crippen LogP contribution in [0.1, 0.15) is 5.56 Å². The molecule has 20 heavy (non-hydrogen) atoms. The molecule has 2 aromatic rings. The summed E-state index contributed by atoms with van der Waals surface area (Å²) in [5, 5.41) is 21.0. The topological polar surface area (TPSA) is 110 Å². The standard InChI is InChI=1S/C12H16N4O3S/c13-20(18,19)12-3-1-11(2-4-12)14-7-10-8-15-16(9-10)5-6-17/h1-4,8-9,14,17H,5-7H2,(H2,13,18,19). The smallest absolute Gasteiger partial charge is 0.238 e. The molecule has 0 unspecified atom stereocenters. The summed E-state index contributed by atoms with van der Waals surface area (Å²) in [7, 11) is -3.65. The molecule has 0 atom stereocenters. The Kier molecular flexibility index (Phi) is 4.38. The highest BCUT2D eigenvalue weighted by atomic mass is 32.2. The molecule has 0 aliphatic heterocycles. The average Bonchev–Trinajstić information content (AvgIpc) is 2.84. The number of aliphatic hydroxyl groups is 1. The minimum atomic E-state index is -3.65. The van der Waals surface area contributed by atoms with Crippen LogP contribution in [0.25, 0.3) is 0 Å². The van der Waals surface area contributed by atoms with Crippen molar-refractivity contribution in [2.45, 2.75) is 18.0 Å². The molecular formula is C12H16N4O3S. The number of anilines is 1. The predicted molar refractivity (Wildman–Crippen MR) is 74.5 cm³/mol. The fraction of sp³-hybridized carbons (Fsp3) is 0.250. The van der Waals surface area contributed by atoms with Crippen molar-refractivity contribution in [3.05, 3.63) is 42.2 Å². The fourth-order valence-electron chi connectivity index (χ4n) is 1.69. The molecule has 0 aliphatic rings. The Morgan fingerprint density at radius 1 is 1.30 bits per heavy atom. The van der Waals surface area contributed by atoms with E-state index in [0.717, 1.165) is 11.3 Å². The van der Waals surface area contributed by atoms with E-state index in [1.165, 1.54) is 12.1 Å². The third kappa shape index (κ3) is 3.80. The Bertz CT molecular complexity index is 664. The van der Waals surface area contributed by atoms with Gasteiger partial charge in [-0.25, -0.2) is 13.6 Å². The van der Waals surface area contributed by atoms with Crippen molar-refractivity contribution in [1.82, 2.24) is 9.78 Å². The Morgan fingerprint density at radius 2 is 2.00 bits per heavy atom. The van der Waals surface area contributed by atoms with Crippen molar-refractivity contribution in [3.63, 3.8) is 0 Å². The first kappa shape index (κ1) is 14.5. The molecule has 2 rings (SSSR count). The first-order chi connectivity index (χ1) is 9.49. The number of primary sulfonamides is 1. The number of sulfonamides is 1. The van der Waals surface area contributed by atoms with E-state index < -0.39 is 10.0 Å². The molecule has 1 heterocycles. The summed E-state index contributed by atoms with van der Waals surface area (Å²) >= 11 is 0. The second-order valence-electron chi connectivity index (χ2n) is 4.26. The van der Waals surface area contributed by atoms with Crippen molar-refractivity contribution in [2.24, 2.45) is 5.14 Å². The van der Waals surface area contributed by atoms with Crippen molar-refractivity contribution < 1.29 is 13.5 Å². The lowest BCUT2D eigenvalue weighted by Gasteiger charge is -2.05. The van der Waals surface area contributed by atoms with Gasteiger partial charge in [-0.05, 0) is 24.3 Å². The number of nitrogens with zero attached hydrogens (tertiary/aromatic N) is 2. The highest BCUT2D eigenvalue weighted by Gasteiger charge is 2.06. The zero-order valence-corrected chi connectivity index (χ0v) is 11.5. The third-order valence-corrected chi connectivity index (χ3v) is 3.62. The van der Waals surface area contributed by atoms with Crippen LogP contribution in [0, 0.1) is 0 Å². The maximum atomic E-state index is 11.1. The second-order valence-corrected chi connectivity index (χ2v) is 5.82. The quantitative estimate of drug-likeness (QED) is 0.702. The second kappa shape index (κ2) is 6.04. The molecule has 1 aromatic carbocycles. The van der Waals surface area contributed by atoms with Crippen LogP contribution in [0.5, 0.6) is 0 Å². The fourth-order valence-corrected chi connectivity index (χ4v) is 2.20. The molecule has 0 radical (unpaired) electrons. The van der Waals surface area contributed by atoms with Crippen LogP contribution in [0.3, 0.4) is 0 Å². The van der Waals surface area contributed by atoms with Gasteiger partial charge in [0.15, 0.2) is 0 Å². The van der Waals surface area contributed by atoms with Gasteiger partial charge in [0, 0.05) is 24.0 Å². The number of hydrogen-bond donors (Lipinski definition) is 3. The molecule has 7 nitrogen and oxygen atoms in total. The maximum Gasteiger partial charge on any atom is 0.238 e. The molecule has 108 valence electrons. The van der Waals surface area contributed by atoms with Gasteiger partial charge in [0.25, 0.3) is 0 Å². The molecule has 0 amide bonds. The summed E-state index contributed by atoms with van der Waals surface area (Å²) < 4.78 is 23.9. The first-order valence-corrected chi connectivity index (χ1v) is 7.52. The van der Waals surface area contributed by atoms with Gasteiger partial charge in [0.2, 0.25) is 10.0 Å². The predicted octanol–water partition coefficient (Wildman–Crippen LogP) is 0.135. The van der Waals surface area contributed by atoms with E-state index in [1.54, 1.807) is 23.0 Å². The Morgan fingerprint density at radius 3 is 2.60 bits per heavy atom. The summed E-state index contributed by atoms with van der Waals surface area (Å²) in [6.45, 7) is 1.06. The van der Waals surface area contributed by atoms with Gasteiger partial charge in [-0.3, -0.25) is 4.68 Å². The van der Waals surface area contributed by atoms with Gasteiger partial charge in [-0.15, -0.1) is 0 Å². The van der Waals surface area contributed by atoms with E-state index in [-0.39, 0.29) is 11.5 Å². The van der Waals surface area contributed by atoms with Gasteiger partial charge in [-0.2, -0.15) is 5.10 Å². The summed E-state index contributed by atoms with van der Waals surface area (Å²) in [6.07, 6.45) is 3.54. The lowest BCUT2D eigenvalue weighted by Crippen LogP contribution is -2.11. The van der Waals surface area contributed by atoms with E-state index >= 15 is 0 Å². The Balaban J connectivity index is 1.96. The zero-order chi connectivity index (χ0) is 14.6. The SMILES string of the molecule is NS(=O)(=O)c1ccc(NCc2cnn(CCO)c2)cc1.